The van der Waals surface area contributed by atoms with Gasteiger partial charge in [-0.2, -0.15) is 0 Å². The molecule has 0 saturated carbocycles. The molecule has 2 atom stereocenters. The first-order chi connectivity index (χ1) is 7.09. The predicted octanol–water partition coefficient (Wildman–Crippen LogP) is 3.29. The highest BCUT2D eigenvalue weighted by Gasteiger charge is 2.15. The van der Waals surface area contributed by atoms with Crippen LogP contribution in [0.3, 0.4) is 0 Å². The van der Waals surface area contributed by atoms with Crippen LogP contribution in [0.2, 0.25) is 0 Å². The van der Waals surface area contributed by atoms with Crippen LogP contribution in [0, 0.1) is 5.92 Å². The van der Waals surface area contributed by atoms with Gasteiger partial charge in [-0.1, -0.05) is 46.0 Å². The van der Waals surface area contributed by atoms with Crippen molar-refractivity contribution < 1.29 is 4.79 Å². The molecular formula is C13H27NO. The van der Waals surface area contributed by atoms with Crippen molar-refractivity contribution in [1.29, 1.82) is 0 Å². The topological polar surface area (TPSA) is 43.1 Å². The summed E-state index contributed by atoms with van der Waals surface area (Å²) in [7, 11) is 0. The third-order valence-corrected chi connectivity index (χ3v) is 3.07. The zero-order chi connectivity index (χ0) is 11.7. The second-order valence-corrected chi connectivity index (χ2v) is 4.63. The van der Waals surface area contributed by atoms with Crippen molar-refractivity contribution in [2.75, 3.05) is 0 Å². The van der Waals surface area contributed by atoms with E-state index in [0.717, 1.165) is 12.8 Å². The molecule has 0 saturated heterocycles. The summed E-state index contributed by atoms with van der Waals surface area (Å²) in [6.07, 6.45) is 8.14. The SMILES string of the molecule is CCCCCCCCC(=O)C(C)C(C)N. The van der Waals surface area contributed by atoms with Gasteiger partial charge in [0.15, 0.2) is 0 Å². The summed E-state index contributed by atoms with van der Waals surface area (Å²) in [6.45, 7) is 6.06. The Morgan fingerprint density at radius 1 is 1.07 bits per heavy atom. The molecule has 0 aliphatic rings. The van der Waals surface area contributed by atoms with E-state index in [9.17, 15) is 4.79 Å². The van der Waals surface area contributed by atoms with Crippen LogP contribution in [-0.2, 0) is 4.79 Å². The average molecular weight is 213 g/mol. The summed E-state index contributed by atoms with van der Waals surface area (Å²) in [5.41, 5.74) is 5.69. The minimum Gasteiger partial charge on any atom is -0.327 e. The number of ketones is 1. The summed E-state index contributed by atoms with van der Waals surface area (Å²) in [4.78, 5) is 11.6. The number of carbonyl (C=O) groups is 1. The van der Waals surface area contributed by atoms with Gasteiger partial charge in [-0.15, -0.1) is 0 Å². The van der Waals surface area contributed by atoms with Gasteiger partial charge < -0.3 is 5.73 Å². The number of hydrogen-bond acceptors (Lipinski definition) is 2. The maximum Gasteiger partial charge on any atom is 0.137 e. The normalized spacial score (nSPS) is 14.9. The zero-order valence-corrected chi connectivity index (χ0v) is 10.6. The van der Waals surface area contributed by atoms with Crippen LogP contribution in [0.15, 0.2) is 0 Å². The Balaban J connectivity index is 3.39. The first-order valence-electron chi connectivity index (χ1n) is 6.37. The monoisotopic (exact) mass is 213 g/mol. The Morgan fingerprint density at radius 3 is 2.13 bits per heavy atom. The molecule has 2 unspecified atom stereocenters. The van der Waals surface area contributed by atoms with E-state index in [1.165, 1.54) is 32.1 Å². The Hall–Kier alpha value is -0.370. The maximum absolute atomic E-state index is 11.6. The molecular weight excluding hydrogens is 186 g/mol. The van der Waals surface area contributed by atoms with Gasteiger partial charge in [0.05, 0.1) is 0 Å². The molecule has 0 rings (SSSR count). The van der Waals surface area contributed by atoms with Crippen molar-refractivity contribution in [3.63, 3.8) is 0 Å². The van der Waals surface area contributed by atoms with Crippen molar-refractivity contribution >= 4 is 5.78 Å². The fraction of sp³-hybridized carbons (Fsp3) is 0.923. The van der Waals surface area contributed by atoms with Crippen LogP contribution >= 0.6 is 0 Å². The molecule has 0 radical (unpaired) electrons. The lowest BCUT2D eigenvalue weighted by Gasteiger charge is -2.13. The van der Waals surface area contributed by atoms with Crippen molar-refractivity contribution in [1.82, 2.24) is 0 Å². The van der Waals surface area contributed by atoms with Gasteiger partial charge in [0.2, 0.25) is 0 Å². The molecule has 0 aromatic heterocycles. The molecule has 0 amide bonds. The minimum absolute atomic E-state index is 0.00223. The van der Waals surface area contributed by atoms with Crippen molar-refractivity contribution in [2.45, 2.75) is 71.8 Å². The van der Waals surface area contributed by atoms with Crippen LogP contribution in [-0.4, -0.2) is 11.8 Å². The molecule has 2 heteroatoms. The minimum atomic E-state index is -0.00223. The van der Waals surface area contributed by atoms with Gasteiger partial charge in [0, 0.05) is 18.4 Å². The number of unbranched alkanes of at least 4 members (excludes halogenated alkanes) is 5. The number of hydrogen-bond donors (Lipinski definition) is 1. The fourth-order valence-corrected chi connectivity index (χ4v) is 1.60. The van der Waals surface area contributed by atoms with Crippen LogP contribution < -0.4 is 5.73 Å². The maximum atomic E-state index is 11.6. The van der Waals surface area contributed by atoms with Gasteiger partial charge in [-0.3, -0.25) is 4.79 Å². The molecule has 0 fully saturated rings. The van der Waals surface area contributed by atoms with E-state index in [4.69, 9.17) is 5.73 Å². The fourth-order valence-electron chi connectivity index (χ4n) is 1.60. The Bertz CT molecular complexity index is 166. The second-order valence-electron chi connectivity index (χ2n) is 4.63. The molecule has 0 spiro atoms. The Labute approximate surface area is 94.6 Å². The zero-order valence-electron chi connectivity index (χ0n) is 10.6. The van der Waals surface area contributed by atoms with Gasteiger partial charge in [0.1, 0.15) is 5.78 Å². The number of carbonyl (C=O) groups excluding carboxylic acids is 1. The van der Waals surface area contributed by atoms with Crippen molar-refractivity contribution in [2.24, 2.45) is 11.7 Å². The number of Topliss-reactive ketones (excluding diaryl/α,β-unsaturated/α-hetero) is 1. The molecule has 2 N–H and O–H groups in total. The van der Waals surface area contributed by atoms with Crippen molar-refractivity contribution in [3.8, 4) is 0 Å². The number of nitrogens with two attached hydrogens (primary N) is 1. The lowest BCUT2D eigenvalue weighted by Crippen LogP contribution is -2.30. The molecule has 2 nitrogen and oxygen atoms in total. The van der Waals surface area contributed by atoms with E-state index in [2.05, 4.69) is 6.92 Å². The summed E-state index contributed by atoms with van der Waals surface area (Å²) >= 11 is 0. The summed E-state index contributed by atoms with van der Waals surface area (Å²) in [6, 6.07) is -0.00223. The van der Waals surface area contributed by atoms with Crippen LogP contribution in [0.25, 0.3) is 0 Å². The molecule has 0 aliphatic heterocycles. The van der Waals surface area contributed by atoms with Gasteiger partial charge in [0.25, 0.3) is 0 Å². The molecule has 0 aromatic carbocycles. The van der Waals surface area contributed by atoms with E-state index in [1.54, 1.807) is 0 Å². The second kappa shape index (κ2) is 8.90. The lowest BCUT2D eigenvalue weighted by molar-refractivity contribution is -0.122. The van der Waals surface area contributed by atoms with Gasteiger partial charge in [-0.05, 0) is 13.3 Å². The molecule has 0 heterocycles. The van der Waals surface area contributed by atoms with Crippen LogP contribution in [0.1, 0.15) is 65.7 Å². The van der Waals surface area contributed by atoms with E-state index in [0.29, 0.717) is 5.78 Å². The average Bonchev–Trinajstić information content (AvgIpc) is 2.21. The quantitative estimate of drug-likeness (QED) is 0.597. The van der Waals surface area contributed by atoms with Crippen LogP contribution in [0.5, 0.6) is 0 Å². The largest absolute Gasteiger partial charge is 0.327 e. The molecule has 0 aliphatic carbocycles. The first kappa shape index (κ1) is 14.6. The van der Waals surface area contributed by atoms with Gasteiger partial charge >= 0.3 is 0 Å². The summed E-state index contributed by atoms with van der Waals surface area (Å²) in [5.74, 6) is 0.362. The van der Waals surface area contributed by atoms with E-state index >= 15 is 0 Å². The summed E-state index contributed by atoms with van der Waals surface area (Å²) < 4.78 is 0. The standard InChI is InChI=1S/C13H27NO/c1-4-5-6-7-8-9-10-13(15)11(2)12(3)14/h11-12H,4-10,14H2,1-3H3. The van der Waals surface area contributed by atoms with Crippen molar-refractivity contribution in [3.05, 3.63) is 0 Å². The number of rotatable bonds is 9. The van der Waals surface area contributed by atoms with E-state index in [-0.39, 0.29) is 12.0 Å². The van der Waals surface area contributed by atoms with Crippen LogP contribution in [0.4, 0.5) is 0 Å². The highest BCUT2D eigenvalue weighted by molar-refractivity contribution is 5.81. The molecule has 0 aromatic rings. The first-order valence-corrected chi connectivity index (χ1v) is 6.37. The highest BCUT2D eigenvalue weighted by Crippen LogP contribution is 2.11. The molecule has 0 bridgehead atoms. The summed E-state index contributed by atoms with van der Waals surface area (Å²) in [5, 5.41) is 0. The molecule has 90 valence electrons. The Morgan fingerprint density at radius 2 is 1.60 bits per heavy atom. The van der Waals surface area contributed by atoms with E-state index < -0.39 is 0 Å². The van der Waals surface area contributed by atoms with E-state index in [1.807, 2.05) is 13.8 Å². The van der Waals surface area contributed by atoms with Gasteiger partial charge in [-0.25, -0.2) is 0 Å². The highest BCUT2D eigenvalue weighted by atomic mass is 16.1. The smallest absolute Gasteiger partial charge is 0.137 e. The Kier molecular flexibility index (Phi) is 8.68. The lowest BCUT2D eigenvalue weighted by atomic mass is 9.95. The third-order valence-electron chi connectivity index (χ3n) is 3.07. The molecule has 15 heavy (non-hydrogen) atoms. The third kappa shape index (κ3) is 7.55. The predicted molar refractivity (Wildman–Crippen MR) is 65.8 cm³/mol.